The first kappa shape index (κ1) is 10.8. The summed E-state index contributed by atoms with van der Waals surface area (Å²) in [5.74, 6) is -0.160. The van der Waals surface area contributed by atoms with Gasteiger partial charge in [-0.2, -0.15) is 0 Å². The van der Waals surface area contributed by atoms with Crippen LogP contribution in [0.5, 0.6) is 0 Å². The van der Waals surface area contributed by atoms with Crippen LogP contribution in [0.1, 0.15) is 20.3 Å². The molecular formula is C7H14O3S. The van der Waals surface area contributed by atoms with E-state index in [9.17, 15) is 4.79 Å². The summed E-state index contributed by atoms with van der Waals surface area (Å²) < 4.78 is 5.06. The summed E-state index contributed by atoms with van der Waals surface area (Å²) in [6, 6.07) is 0. The SMILES string of the molecule is CCOCSC(C)CC(=O)O. The Hall–Kier alpha value is -0.220. The van der Waals surface area contributed by atoms with Crippen LogP contribution in [0.3, 0.4) is 0 Å². The maximum Gasteiger partial charge on any atom is 0.304 e. The third-order valence-corrected chi connectivity index (χ3v) is 2.14. The fraction of sp³-hybridized carbons (Fsp3) is 0.857. The van der Waals surface area contributed by atoms with Crippen LogP contribution in [0.25, 0.3) is 0 Å². The second-order valence-corrected chi connectivity index (χ2v) is 3.56. The topological polar surface area (TPSA) is 46.5 Å². The van der Waals surface area contributed by atoms with Crippen molar-refractivity contribution in [2.45, 2.75) is 25.5 Å². The molecule has 0 aromatic rings. The van der Waals surface area contributed by atoms with Gasteiger partial charge in [0.15, 0.2) is 0 Å². The number of aliphatic carboxylic acids is 1. The smallest absolute Gasteiger partial charge is 0.304 e. The second kappa shape index (κ2) is 6.49. The first-order chi connectivity index (χ1) is 5.16. The van der Waals surface area contributed by atoms with Crippen molar-refractivity contribution in [2.24, 2.45) is 0 Å². The van der Waals surface area contributed by atoms with E-state index in [1.807, 2.05) is 13.8 Å². The van der Waals surface area contributed by atoms with Gasteiger partial charge >= 0.3 is 5.97 Å². The molecular weight excluding hydrogens is 164 g/mol. The summed E-state index contributed by atoms with van der Waals surface area (Å²) in [5.41, 5.74) is 0. The first-order valence-electron chi connectivity index (χ1n) is 3.58. The lowest BCUT2D eigenvalue weighted by molar-refractivity contribution is -0.136. The van der Waals surface area contributed by atoms with Crippen LogP contribution >= 0.6 is 11.8 Å². The molecule has 0 amide bonds. The minimum absolute atomic E-state index is 0.138. The monoisotopic (exact) mass is 178 g/mol. The van der Waals surface area contributed by atoms with Gasteiger partial charge in [-0.15, -0.1) is 11.8 Å². The Bertz CT molecular complexity index is 116. The number of hydrogen-bond acceptors (Lipinski definition) is 3. The van der Waals surface area contributed by atoms with E-state index < -0.39 is 5.97 Å². The molecule has 0 aromatic carbocycles. The number of carboxylic acids is 1. The highest BCUT2D eigenvalue weighted by atomic mass is 32.2. The van der Waals surface area contributed by atoms with Crippen molar-refractivity contribution < 1.29 is 14.6 Å². The Morgan fingerprint density at radius 2 is 2.36 bits per heavy atom. The predicted octanol–water partition coefficient (Wildman–Crippen LogP) is 1.58. The van der Waals surface area contributed by atoms with Gasteiger partial charge in [-0.25, -0.2) is 0 Å². The molecule has 3 nitrogen and oxygen atoms in total. The van der Waals surface area contributed by atoms with Crippen LogP contribution in [0.2, 0.25) is 0 Å². The van der Waals surface area contributed by atoms with Gasteiger partial charge in [-0.1, -0.05) is 6.92 Å². The fourth-order valence-corrected chi connectivity index (χ4v) is 1.31. The van der Waals surface area contributed by atoms with Gasteiger partial charge in [0.25, 0.3) is 0 Å². The molecule has 0 radical (unpaired) electrons. The van der Waals surface area contributed by atoms with Crippen molar-refractivity contribution in [1.82, 2.24) is 0 Å². The molecule has 0 rings (SSSR count). The molecule has 11 heavy (non-hydrogen) atoms. The molecule has 0 spiro atoms. The van der Waals surface area contributed by atoms with Crippen LogP contribution in [0, 0.1) is 0 Å². The van der Waals surface area contributed by atoms with Crippen LogP contribution in [-0.2, 0) is 9.53 Å². The lowest BCUT2D eigenvalue weighted by atomic mass is 10.3. The molecule has 1 N–H and O–H groups in total. The summed E-state index contributed by atoms with van der Waals surface area (Å²) in [6.45, 7) is 4.49. The lowest BCUT2D eigenvalue weighted by Crippen LogP contribution is -2.07. The lowest BCUT2D eigenvalue weighted by Gasteiger charge is -2.07. The normalized spacial score (nSPS) is 12.9. The van der Waals surface area contributed by atoms with Gasteiger partial charge in [0.05, 0.1) is 12.4 Å². The van der Waals surface area contributed by atoms with Crippen molar-refractivity contribution in [1.29, 1.82) is 0 Å². The minimum atomic E-state index is -0.749. The Balaban J connectivity index is 3.22. The van der Waals surface area contributed by atoms with Crippen LogP contribution in [-0.4, -0.2) is 28.9 Å². The van der Waals surface area contributed by atoms with E-state index in [4.69, 9.17) is 9.84 Å². The Labute approximate surface area is 71.1 Å². The molecule has 4 heteroatoms. The molecule has 0 aliphatic heterocycles. The highest BCUT2D eigenvalue weighted by Gasteiger charge is 2.06. The number of thioether (sulfide) groups is 1. The second-order valence-electron chi connectivity index (χ2n) is 2.19. The maximum absolute atomic E-state index is 10.2. The van der Waals surface area contributed by atoms with E-state index in [1.165, 1.54) is 11.8 Å². The summed E-state index contributed by atoms with van der Waals surface area (Å²) in [6.07, 6.45) is 0.206. The summed E-state index contributed by atoms with van der Waals surface area (Å²) in [4.78, 5) is 10.2. The number of carbonyl (C=O) groups is 1. The van der Waals surface area contributed by atoms with Crippen LogP contribution in [0.4, 0.5) is 0 Å². The zero-order valence-electron chi connectivity index (χ0n) is 6.87. The van der Waals surface area contributed by atoms with Gasteiger partial charge in [-0.05, 0) is 6.92 Å². The minimum Gasteiger partial charge on any atom is -0.481 e. The average molecular weight is 178 g/mol. The van der Waals surface area contributed by atoms with E-state index >= 15 is 0 Å². The summed E-state index contributed by atoms with van der Waals surface area (Å²) >= 11 is 1.53. The van der Waals surface area contributed by atoms with Crippen molar-refractivity contribution >= 4 is 17.7 Å². The van der Waals surface area contributed by atoms with Crippen molar-refractivity contribution in [3.63, 3.8) is 0 Å². The molecule has 0 saturated carbocycles. The van der Waals surface area contributed by atoms with Gasteiger partial charge in [0, 0.05) is 11.9 Å². The largest absolute Gasteiger partial charge is 0.481 e. The van der Waals surface area contributed by atoms with Crippen LogP contribution in [0.15, 0.2) is 0 Å². The molecule has 0 aromatic heterocycles. The Morgan fingerprint density at radius 1 is 1.73 bits per heavy atom. The summed E-state index contributed by atoms with van der Waals surface area (Å²) in [5, 5.41) is 8.52. The van der Waals surface area contributed by atoms with Crippen molar-refractivity contribution in [3.05, 3.63) is 0 Å². The number of carboxylic acid groups (broad SMARTS) is 1. The maximum atomic E-state index is 10.2. The standard InChI is InChI=1S/C7H14O3S/c1-3-10-5-11-6(2)4-7(8)9/h6H,3-5H2,1-2H3,(H,8,9). The molecule has 0 aliphatic rings. The number of rotatable bonds is 6. The third-order valence-electron chi connectivity index (χ3n) is 1.10. The van der Waals surface area contributed by atoms with E-state index in [0.29, 0.717) is 12.5 Å². The predicted molar refractivity (Wildman–Crippen MR) is 45.8 cm³/mol. The molecule has 0 bridgehead atoms. The average Bonchev–Trinajstić information content (AvgIpc) is 1.86. The molecule has 1 unspecified atom stereocenters. The fourth-order valence-electron chi connectivity index (χ4n) is 0.552. The third kappa shape index (κ3) is 7.68. The van der Waals surface area contributed by atoms with Gasteiger partial charge in [-0.3, -0.25) is 4.79 Å². The first-order valence-corrected chi connectivity index (χ1v) is 4.62. The molecule has 0 aliphatic carbocycles. The molecule has 0 fully saturated rings. The van der Waals surface area contributed by atoms with E-state index in [-0.39, 0.29) is 11.7 Å². The highest BCUT2D eigenvalue weighted by Crippen LogP contribution is 2.13. The Morgan fingerprint density at radius 3 is 2.82 bits per heavy atom. The van der Waals surface area contributed by atoms with E-state index in [1.54, 1.807) is 0 Å². The Kier molecular flexibility index (Phi) is 6.36. The zero-order valence-corrected chi connectivity index (χ0v) is 7.69. The van der Waals surface area contributed by atoms with Gasteiger partial charge in [0.2, 0.25) is 0 Å². The highest BCUT2D eigenvalue weighted by molar-refractivity contribution is 7.99. The quantitative estimate of drug-likeness (QED) is 0.495. The molecule has 0 heterocycles. The molecule has 0 saturated heterocycles. The summed E-state index contributed by atoms with van der Waals surface area (Å²) in [7, 11) is 0. The number of ether oxygens (including phenoxy) is 1. The zero-order chi connectivity index (χ0) is 8.69. The van der Waals surface area contributed by atoms with Crippen molar-refractivity contribution in [2.75, 3.05) is 12.5 Å². The van der Waals surface area contributed by atoms with Crippen molar-refractivity contribution in [3.8, 4) is 0 Å². The number of hydrogen-bond donors (Lipinski definition) is 1. The molecule has 66 valence electrons. The van der Waals surface area contributed by atoms with Crippen LogP contribution < -0.4 is 0 Å². The van der Waals surface area contributed by atoms with E-state index in [0.717, 1.165) is 0 Å². The van der Waals surface area contributed by atoms with E-state index in [2.05, 4.69) is 0 Å². The van der Waals surface area contributed by atoms with Gasteiger partial charge < -0.3 is 9.84 Å². The van der Waals surface area contributed by atoms with Gasteiger partial charge in [0.1, 0.15) is 0 Å². The molecule has 1 atom stereocenters.